The number of rotatable bonds is 11. The van der Waals surface area contributed by atoms with Crippen molar-refractivity contribution in [2.75, 3.05) is 34.5 Å². The highest BCUT2D eigenvalue weighted by molar-refractivity contribution is 5.90. The van der Waals surface area contributed by atoms with Gasteiger partial charge in [-0.2, -0.15) is 0 Å². The molecule has 1 aromatic heterocycles. The first-order chi connectivity index (χ1) is 18.0. The maximum Gasteiger partial charge on any atom is 0.247 e. The highest BCUT2D eigenvalue weighted by atomic mass is 16.5. The van der Waals surface area contributed by atoms with Crippen LogP contribution in [0.4, 0.5) is 0 Å². The van der Waals surface area contributed by atoms with Crippen LogP contribution in [0.25, 0.3) is 11.0 Å². The maximum absolute atomic E-state index is 13.9. The van der Waals surface area contributed by atoms with Gasteiger partial charge in [-0.25, -0.2) is 4.68 Å². The van der Waals surface area contributed by atoms with Gasteiger partial charge in [-0.05, 0) is 37.1 Å². The highest BCUT2D eigenvalue weighted by Crippen LogP contribution is 2.34. The molecule has 3 aromatic rings. The normalized spacial score (nSPS) is 14.8. The number of amides is 2. The third-order valence-electron chi connectivity index (χ3n) is 6.81. The van der Waals surface area contributed by atoms with Gasteiger partial charge in [0.15, 0.2) is 0 Å². The van der Waals surface area contributed by atoms with Crippen molar-refractivity contribution < 1.29 is 23.8 Å². The van der Waals surface area contributed by atoms with Crippen molar-refractivity contribution in [3.8, 4) is 11.5 Å². The van der Waals surface area contributed by atoms with Gasteiger partial charge in [-0.3, -0.25) is 9.59 Å². The summed E-state index contributed by atoms with van der Waals surface area (Å²) in [7, 11) is 4.68. The lowest BCUT2D eigenvalue weighted by Gasteiger charge is -2.34. The molecule has 0 radical (unpaired) electrons. The SMILES string of the molecule is COCCN(C(=O)Cn1nnc2ccccc21)[C@H](C(=O)NC1CCCCC1)c1ccc(OC)cc1OC. The first kappa shape index (κ1) is 26.4. The number of ether oxygens (including phenoxy) is 3. The minimum absolute atomic E-state index is 0.0735. The topological polar surface area (TPSA) is 108 Å². The molecule has 1 N–H and O–H groups in total. The number of para-hydroxylation sites is 1. The number of nitrogens with zero attached hydrogens (tertiary/aromatic N) is 4. The Kier molecular flexibility index (Phi) is 8.95. The van der Waals surface area contributed by atoms with Crippen molar-refractivity contribution in [2.24, 2.45) is 0 Å². The fraction of sp³-hybridized carbons (Fsp3) is 0.481. The van der Waals surface area contributed by atoms with E-state index in [0.717, 1.165) is 31.2 Å². The minimum atomic E-state index is -0.930. The van der Waals surface area contributed by atoms with Crippen molar-refractivity contribution in [2.45, 2.75) is 50.7 Å². The second-order valence-electron chi connectivity index (χ2n) is 9.17. The molecule has 0 bridgehead atoms. The Morgan fingerprint density at radius 1 is 1.08 bits per heavy atom. The van der Waals surface area contributed by atoms with Crippen LogP contribution < -0.4 is 14.8 Å². The predicted octanol–water partition coefficient (Wildman–Crippen LogP) is 3.11. The summed E-state index contributed by atoms with van der Waals surface area (Å²) < 4.78 is 17.9. The van der Waals surface area contributed by atoms with E-state index in [9.17, 15) is 9.59 Å². The molecule has 2 aromatic carbocycles. The van der Waals surface area contributed by atoms with E-state index >= 15 is 0 Å². The van der Waals surface area contributed by atoms with Crippen LogP contribution in [-0.2, 0) is 20.9 Å². The van der Waals surface area contributed by atoms with Gasteiger partial charge in [-0.15, -0.1) is 5.10 Å². The molecule has 0 saturated heterocycles. The second kappa shape index (κ2) is 12.5. The van der Waals surface area contributed by atoms with Crippen LogP contribution in [0.5, 0.6) is 11.5 Å². The van der Waals surface area contributed by atoms with Crippen molar-refractivity contribution in [1.82, 2.24) is 25.2 Å². The van der Waals surface area contributed by atoms with E-state index in [2.05, 4.69) is 15.6 Å². The van der Waals surface area contributed by atoms with Gasteiger partial charge >= 0.3 is 0 Å². The molecule has 1 saturated carbocycles. The molecule has 1 atom stereocenters. The molecule has 1 fully saturated rings. The quantitative estimate of drug-likeness (QED) is 0.423. The van der Waals surface area contributed by atoms with Crippen LogP contribution in [0.3, 0.4) is 0 Å². The Balaban J connectivity index is 1.71. The molecule has 37 heavy (non-hydrogen) atoms. The number of methoxy groups -OCH3 is 3. The number of fused-ring (bicyclic) bond motifs is 1. The molecule has 10 heteroatoms. The van der Waals surface area contributed by atoms with Gasteiger partial charge in [0.1, 0.15) is 29.6 Å². The van der Waals surface area contributed by atoms with E-state index in [1.807, 2.05) is 24.3 Å². The highest BCUT2D eigenvalue weighted by Gasteiger charge is 2.35. The smallest absolute Gasteiger partial charge is 0.247 e. The molecule has 2 amide bonds. The lowest BCUT2D eigenvalue weighted by molar-refractivity contribution is -0.142. The van der Waals surface area contributed by atoms with E-state index < -0.39 is 6.04 Å². The van der Waals surface area contributed by atoms with E-state index in [0.29, 0.717) is 22.6 Å². The standard InChI is InChI=1S/C27H35N5O5/c1-35-16-15-31(25(33)18-32-23-12-8-7-11-22(23)29-30-32)26(27(34)28-19-9-5-4-6-10-19)21-14-13-20(36-2)17-24(21)37-3/h7-8,11-14,17,19,26H,4-6,9-10,15-16,18H2,1-3H3,(H,28,34)/t26-/m0/s1. The van der Waals surface area contributed by atoms with Gasteiger partial charge in [0, 0.05) is 31.3 Å². The lowest BCUT2D eigenvalue weighted by atomic mass is 9.94. The zero-order valence-electron chi connectivity index (χ0n) is 21.7. The van der Waals surface area contributed by atoms with Gasteiger partial charge < -0.3 is 24.4 Å². The number of benzene rings is 2. The monoisotopic (exact) mass is 509 g/mol. The van der Waals surface area contributed by atoms with E-state index in [-0.39, 0.29) is 37.6 Å². The summed E-state index contributed by atoms with van der Waals surface area (Å²) in [6, 6.07) is 11.9. The third kappa shape index (κ3) is 6.19. The number of hydrogen-bond acceptors (Lipinski definition) is 7. The molecule has 1 heterocycles. The van der Waals surface area contributed by atoms with Crippen LogP contribution >= 0.6 is 0 Å². The Hall–Kier alpha value is -3.66. The Morgan fingerprint density at radius 3 is 2.59 bits per heavy atom. The third-order valence-corrected chi connectivity index (χ3v) is 6.81. The average Bonchev–Trinajstić information content (AvgIpc) is 3.33. The molecule has 0 unspecified atom stereocenters. The van der Waals surface area contributed by atoms with Gasteiger partial charge in [0.25, 0.3) is 0 Å². The van der Waals surface area contributed by atoms with Gasteiger partial charge in [-0.1, -0.05) is 36.6 Å². The summed E-state index contributed by atoms with van der Waals surface area (Å²) in [6.07, 6.45) is 5.18. The molecule has 1 aliphatic carbocycles. The molecular formula is C27H35N5O5. The molecule has 0 aliphatic heterocycles. The maximum atomic E-state index is 13.9. The van der Waals surface area contributed by atoms with Crippen LogP contribution in [0, 0.1) is 0 Å². The fourth-order valence-corrected chi connectivity index (χ4v) is 4.86. The second-order valence-corrected chi connectivity index (χ2v) is 9.17. The molecular weight excluding hydrogens is 474 g/mol. The van der Waals surface area contributed by atoms with Crippen LogP contribution in [0.1, 0.15) is 43.7 Å². The number of carbonyl (C=O) groups excluding carboxylic acids is 2. The summed E-state index contributed by atoms with van der Waals surface area (Å²) in [4.78, 5) is 29.3. The number of carbonyl (C=O) groups is 2. The van der Waals surface area contributed by atoms with Crippen LogP contribution in [0.15, 0.2) is 42.5 Å². The summed E-state index contributed by atoms with van der Waals surface area (Å²) in [5.74, 6) is 0.526. The summed E-state index contributed by atoms with van der Waals surface area (Å²) in [5.41, 5.74) is 2.01. The Labute approximate surface area is 216 Å². The molecule has 1 aliphatic rings. The largest absolute Gasteiger partial charge is 0.497 e. The van der Waals surface area contributed by atoms with E-state index in [1.54, 1.807) is 42.0 Å². The van der Waals surface area contributed by atoms with Gasteiger partial charge in [0.05, 0.1) is 26.3 Å². The average molecular weight is 510 g/mol. The van der Waals surface area contributed by atoms with Crippen LogP contribution in [0.2, 0.25) is 0 Å². The lowest BCUT2D eigenvalue weighted by Crippen LogP contribution is -2.49. The zero-order valence-corrected chi connectivity index (χ0v) is 21.7. The van der Waals surface area contributed by atoms with Gasteiger partial charge in [0.2, 0.25) is 11.8 Å². The van der Waals surface area contributed by atoms with E-state index in [1.165, 1.54) is 13.5 Å². The molecule has 198 valence electrons. The van der Waals surface area contributed by atoms with Crippen molar-refractivity contribution in [3.63, 3.8) is 0 Å². The number of hydrogen-bond donors (Lipinski definition) is 1. The van der Waals surface area contributed by atoms with Crippen molar-refractivity contribution in [3.05, 3.63) is 48.0 Å². The van der Waals surface area contributed by atoms with Crippen LogP contribution in [-0.4, -0.2) is 72.2 Å². The predicted molar refractivity (Wildman–Crippen MR) is 138 cm³/mol. The first-order valence-corrected chi connectivity index (χ1v) is 12.6. The number of aromatic nitrogens is 3. The molecule has 10 nitrogen and oxygen atoms in total. The van der Waals surface area contributed by atoms with Crippen molar-refractivity contribution >= 4 is 22.8 Å². The Bertz CT molecular complexity index is 1210. The molecule has 0 spiro atoms. The number of nitrogens with one attached hydrogen (secondary N) is 1. The van der Waals surface area contributed by atoms with Crippen molar-refractivity contribution in [1.29, 1.82) is 0 Å². The zero-order chi connectivity index (χ0) is 26.2. The van der Waals surface area contributed by atoms with E-state index in [4.69, 9.17) is 14.2 Å². The summed E-state index contributed by atoms with van der Waals surface area (Å²) in [6.45, 7) is 0.394. The molecule has 4 rings (SSSR count). The Morgan fingerprint density at radius 2 is 1.86 bits per heavy atom. The summed E-state index contributed by atoms with van der Waals surface area (Å²) >= 11 is 0. The minimum Gasteiger partial charge on any atom is -0.497 e. The fourth-order valence-electron chi connectivity index (χ4n) is 4.86. The summed E-state index contributed by atoms with van der Waals surface area (Å²) in [5, 5.41) is 11.5. The first-order valence-electron chi connectivity index (χ1n) is 12.6.